The van der Waals surface area contributed by atoms with Crippen LogP contribution in [0.4, 0.5) is 0 Å². The van der Waals surface area contributed by atoms with Gasteiger partial charge < -0.3 is 5.11 Å². The van der Waals surface area contributed by atoms with Crippen molar-refractivity contribution in [2.45, 2.75) is 20.5 Å². The molecule has 1 nitrogen and oxygen atoms in total. The molecule has 0 saturated carbocycles. The van der Waals surface area contributed by atoms with E-state index in [1.165, 1.54) is 16.0 Å². The summed E-state index contributed by atoms with van der Waals surface area (Å²) in [6.07, 6.45) is 0. The number of thiophene rings is 1. The Kier molecular flexibility index (Phi) is 2.89. The first-order valence-corrected chi connectivity index (χ1v) is 5.86. The highest BCUT2D eigenvalue weighted by Crippen LogP contribution is 2.30. The summed E-state index contributed by atoms with van der Waals surface area (Å²) in [6.45, 7) is 4.24. The molecule has 1 N–H and O–H groups in total. The lowest BCUT2D eigenvalue weighted by molar-refractivity contribution is 0.280. The number of benzene rings is 1. The Labute approximate surface area is 94.0 Å². The highest BCUT2D eigenvalue weighted by atomic mass is 32.1. The molecule has 1 heterocycles. The third-order valence-electron chi connectivity index (χ3n) is 2.78. The summed E-state index contributed by atoms with van der Waals surface area (Å²) in [4.78, 5) is 1.27. The van der Waals surface area contributed by atoms with Gasteiger partial charge in [0.1, 0.15) is 0 Å². The van der Waals surface area contributed by atoms with Crippen molar-refractivity contribution in [1.82, 2.24) is 0 Å². The fraction of sp³-hybridized carbons (Fsp3) is 0.231. The van der Waals surface area contributed by atoms with Gasteiger partial charge in [0.15, 0.2) is 0 Å². The largest absolute Gasteiger partial charge is 0.392 e. The van der Waals surface area contributed by atoms with Crippen molar-refractivity contribution in [2.75, 3.05) is 0 Å². The highest BCUT2D eigenvalue weighted by Gasteiger charge is 2.08. The summed E-state index contributed by atoms with van der Waals surface area (Å²) < 4.78 is 0. The van der Waals surface area contributed by atoms with Crippen LogP contribution in [-0.2, 0) is 6.61 Å². The molecule has 0 bridgehead atoms. The first-order valence-electron chi connectivity index (χ1n) is 4.98. The second-order valence-electron chi connectivity index (χ2n) is 3.67. The zero-order valence-electron chi connectivity index (χ0n) is 8.95. The average Bonchev–Trinajstić information content (AvgIpc) is 2.71. The minimum absolute atomic E-state index is 0.122. The van der Waals surface area contributed by atoms with Gasteiger partial charge in [-0.05, 0) is 47.5 Å². The summed E-state index contributed by atoms with van der Waals surface area (Å²) in [5.74, 6) is 0. The van der Waals surface area contributed by atoms with Gasteiger partial charge in [-0.2, -0.15) is 0 Å². The Bertz CT molecular complexity index is 458. The summed E-state index contributed by atoms with van der Waals surface area (Å²) in [5.41, 5.74) is 4.65. The van der Waals surface area contributed by atoms with Crippen LogP contribution in [0.2, 0.25) is 0 Å². The quantitative estimate of drug-likeness (QED) is 0.817. The Morgan fingerprint density at radius 1 is 1.20 bits per heavy atom. The van der Waals surface area contributed by atoms with Gasteiger partial charge in [-0.1, -0.05) is 18.2 Å². The summed E-state index contributed by atoms with van der Waals surface area (Å²) in [7, 11) is 0. The molecule has 0 amide bonds. The van der Waals surface area contributed by atoms with Gasteiger partial charge in [0, 0.05) is 4.88 Å². The molecule has 0 unspecified atom stereocenters. The topological polar surface area (TPSA) is 20.2 Å². The van der Waals surface area contributed by atoms with Crippen LogP contribution in [0.15, 0.2) is 29.6 Å². The molecular weight excluding hydrogens is 204 g/mol. The van der Waals surface area contributed by atoms with Crippen molar-refractivity contribution < 1.29 is 5.11 Å². The van der Waals surface area contributed by atoms with Gasteiger partial charge >= 0.3 is 0 Å². The van der Waals surface area contributed by atoms with Crippen molar-refractivity contribution >= 4 is 11.3 Å². The molecule has 0 aliphatic heterocycles. The number of hydrogen-bond acceptors (Lipinski definition) is 2. The monoisotopic (exact) mass is 218 g/mol. The van der Waals surface area contributed by atoms with Gasteiger partial charge in [-0.15, -0.1) is 11.3 Å². The van der Waals surface area contributed by atoms with E-state index in [0.29, 0.717) is 0 Å². The van der Waals surface area contributed by atoms with Gasteiger partial charge in [0.05, 0.1) is 6.61 Å². The number of aryl methyl sites for hydroxylation is 1. The highest BCUT2D eigenvalue weighted by molar-refractivity contribution is 7.13. The minimum Gasteiger partial charge on any atom is -0.392 e. The number of rotatable bonds is 2. The molecule has 0 aliphatic rings. The second kappa shape index (κ2) is 4.17. The van der Waals surface area contributed by atoms with Crippen LogP contribution in [0.1, 0.15) is 16.7 Å². The van der Waals surface area contributed by atoms with Crippen LogP contribution >= 0.6 is 11.3 Å². The second-order valence-corrected chi connectivity index (χ2v) is 4.62. The third-order valence-corrected chi connectivity index (χ3v) is 3.68. The van der Waals surface area contributed by atoms with Gasteiger partial charge in [0.2, 0.25) is 0 Å². The van der Waals surface area contributed by atoms with Gasteiger partial charge in [-0.3, -0.25) is 0 Å². The minimum atomic E-state index is 0.122. The van der Waals surface area contributed by atoms with E-state index in [1.807, 2.05) is 6.92 Å². The lowest BCUT2D eigenvalue weighted by Crippen LogP contribution is -1.95. The predicted octanol–water partition coefficient (Wildman–Crippen LogP) is 3.52. The molecule has 2 rings (SSSR count). The third kappa shape index (κ3) is 1.83. The maximum Gasteiger partial charge on any atom is 0.0687 e. The molecule has 0 aliphatic carbocycles. The smallest absolute Gasteiger partial charge is 0.0687 e. The van der Waals surface area contributed by atoms with E-state index in [1.54, 1.807) is 11.3 Å². The molecule has 1 aromatic carbocycles. The summed E-state index contributed by atoms with van der Waals surface area (Å²) >= 11 is 1.73. The zero-order chi connectivity index (χ0) is 10.8. The Hall–Kier alpha value is -1.12. The number of aliphatic hydroxyl groups excluding tert-OH is 1. The van der Waals surface area contributed by atoms with Gasteiger partial charge in [-0.25, -0.2) is 0 Å². The molecule has 1 aromatic heterocycles. The van der Waals surface area contributed by atoms with Crippen LogP contribution in [0.25, 0.3) is 10.4 Å². The maximum absolute atomic E-state index is 9.32. The van der Waals surface area contributed by atoms with Crippen molar-refractivity contribution in [1.29, 1.82) is 0 Å². The van der Waals surface area contributed by atoms with Crippen LogP contribution in [0.5, 0.6) is 0 Å². The molecule has 0 saturated heterocycles. The molecule has 2 aromatic rings. The molecule has 0 spiro atoms. The van der Waals surface area contributed by atoms with Crippen molar-refractivity contribution in [3.63, 3.8) is 0 Å². The zero-order valence-corrected chi connectivity index (χ0v) is 9.77. The Morgan fingerprint density at radius 2 is 2.00 bits per heavy atom. The fourth-order valence-electron chi connectivity index (χ4n) is 1.83. The number of aliphatic hydroxyl groups is 1. The molecule has 0 fully saturated rings. The van der Waals surface area contributed by atoms with Crippen molar-refractivity contribution in [3.8, 4) is 10.4 Å². The molecule has 15 heavy (non-hydrogen) atoms. The van der Waals surface area contributed by atoms with Crippen LogP contribution < -0.4 is 0 Å². The van der Waals surface area contributed by atoms with E-state index < -0.39 is 0 Å². The molecule has 0 radical (unpaired) electrons. The predicted molar refractivity (Wildman–Crippen MR) is 65.2 cm³/mol. The van der Waals surface area contributed by atoms with E-state index in [9.17, 15) is 5.11 Å². The maximum atomic E-state index is 9.32. The molecule has 0 atom stereocenters. The van der Waals surface area contributed by atoms with E-state index in [0.717, 1.165) is 11.1 Å². The number of hydrogen-bond donors (Lipinski definition) is 1. The standard InChI is InChI=1S/C13H14OS/c1-9-5-6-11(10(2)12(9)8-14)13-4-3-7-15-13/h3-7,14H,8H2,1-2H3. The first kappa shape index (κ1) is 10.4. The van der Waals surface area contributed by atoms with Gasteiger partial charge in [0.25, 0.3) is 0 Å². The average molecular weight is 218 g/mol. The van der Waals surface area contributed by atoms with Crippen molar-refractivity contribution in [2.24, 2.45) is 0 Å². The first-order chi connectivity index (χ1) is 7.24. The van der Waals surface area contributed by atoms with E-state index in [2.05, 4.69) is 36.6 Å². The SMILES string of the molecule is Cc1ccc(-c2cccs2)c(C)c1CO. The van der Waals surface area contributed by atoms with Crippen LogP contribution in [-0.4, -0.2) is 5.11 Å². The normalized spacial score (nSPS) is 10.6. The summed E-state index contributed by atoms with van der Waals surface area (Å²) in [6, 6.07) is 8.38. The fourth-order valence-corrected chi connectivity index (χ4v) is 2.64. The van der Waals surface area contributed by atoms with Crippen LogP contribution in [0.3, 0.4) is 0 Å². The Morgan fingerprint density at radius 3 is 2.60 bits per heavy atom. The van der Waals surface area contributed by atoms with E-state index in [-0.39, 0.29) is 6.61 Å². The summed E-state index contributed by atoms with van der Waals surface area (Å²) in [5, 5.41) is 11.4. The molecular formula is C13H14OS. The molecule has 2 heteroatoms. The lowest BCUT2D eigenvalue weighted by Gasteiger charge is -2.11. The lowest BCUT2D eigenvalue weighted by atomic mass is 9.97. The van der Waals surface area contributed by atoms with Crippen LogP contribution in [0, 0.1) is 13.8 Å². The molecule has 78 valence electrons. The van der Waals surface area contributed by atoms with E-state index >= 15 is 0 Å². The van der Waals surface area contributed by atoms with E-state index in [4.69, 9.17) is 0 Å². The Balaban J connectivity index is 2.60. The van der Waals surface area contributed by atoms with Crippen molar-refractivity contribution in [3.05, 3.63) is 46.3 Å².